The summed E-state index contributed by atoms with van der Waals surface area (Å²) in [6.45, 7) is 4.13. The molecule has 8 nitrogen and oxygen atoms in total. The van der Waals surface area contributed by atoms with Crippen LogP contribution in [-0.4, -0.2) is 54.4 Å². The van der Waals surface area contributed by atoms with Gasteiger partial charge in [0.1, 0.15) is 0 Å². The van der Waals surface area contributed by atoms with Crippen molar-refractivity contribution < 1.29 is 23.7 Å². The Hall–Kier alpha value is -3.20. The Balaban J connectivity index is 2.12. The minimum atomic E-state index is -0.305. The molecule has 0 aliphatic rings. The number of aromatic nitrogens is 3. The minimum Gasteiger partial charge on any atom is -0.493 e. The lowest BCUT2D eigenvalue weighted by Crippen LogP contribution is -2.08. The highest BCUT2D eigenvalue weighted by atomic mass is 32.2. The summed E-state index contributed by atoms with van der Waals surface area (Å²) < 4.78 is 23.3. The van der Waals surface area contributed by atoms with Gasteiger partial charge < -0.3 is 18.9 Å². The van der Waals surface area contributed by atoms with Crippen molar-refractivity contribution in [2.75, 3.05) is 33.7 Å². The van der Waals surface area contributed by atoms with E-state index in [0.717, 1.165) is 16.8 Å². The molecule has 2 aromatic carbocycles. The van der Waals surface area contributed by atoms with Crippen molar-refractivity contribution in [3.8, 4) is 34.3 Å². The van der Waals surface area contributed by atoms with Crippen molar-refractivity contribution >= 4 is 17.7 Å². The summed E-state index contributed by atoms with van der Waals surface area (Å²) in [7, 11) is 4.68. The van der Waals surface area contributed by atoms with E-state index >= 15 is 0 Å². The van der Waals surface area contributed by atoms with Crippen molar-refractivity contribution in [3.05, 3.63) is 42.0 Å². The topological polar surface area (TPSA) is 84.7 Å². The molecule has 9 heteroatoms. The molecule has 3 rings (SSSR count). The number of hydrogen-bond donors (Lipinski definition) is 0. The molecule has 3 aromatic rings. The third-order valence-corrected chi connectivity index (χ3v) is 5.38. The van der Waals surface area contributed by atoms with E-state index in [2.05, 4.69) is 10.2 Å². The van der Waals surface area contributed by atoms with Crippen LogP contribution in [0.4, 0.5) is 0 Å². The Labute approximate surface area is 185 Å². The van der Waals surface area contributed by atoms with E-state index in [1.807, 2.05) is 47.9 Å². The molecule has 0 saturated heterocycles. The van der Waals surface area contributed by atoms with Gasteiger partial charge in [-0.1, -0.05) is 29.5 Å². The molecule has 0 fully saturated rings. The number of nitrogens with zero attached hydrogens (tertiary/aromatic N) is 3. The molecule has 0 atom stereocenters. The fourth-order valence-corrected chi connectivity index (χ4v) is 3.76. The van der Waals surface area contributed by atoms with E-state index in [9.17, 15) is 4.79 Å². The molecule has 0 unspecified atom stereocenters. The maximum absolute atomic E-state index is 11.9. The summed E-state index contributed by atoms with van der Waals surface area (Å²) in [4.78, 5) is 11.9. The molecule has 0 bridgehead atoms. The Bertz CT molecular complexity index is 1020. The van der Waals surface area contributed by atoms with Gasteiger partial charge in [0, 0.05) is 11.3 Å². The third kappa shape index (κ3) is 4.93. The number of methoxy groups -OCH3 is 3. The van der Waals surface area contributed by atoms with E-state index in [1.165, 1.54) is 11.8 Å². The van der Waals surface area contributed by atoms with Crippen LogP contribution in [0.1, 0.15) is 12.5 Å². The molecule has 0 aliphatic carbocycles. The lowest BCUT2D eigenvalue weighted by Gasteiger charge is -2.15. The van der Waals surface area contributed by atoms with Gasteiger partial charge in [-0.15, -0.1) is 10.2 Å². The Morgan fingerprint density at radius 2 is 1.65 bits per heavy atom. The van der Waals surface area contributed by atoms with E-state index < -0.39 is 0 Å². The number of rotatable bonds is 9. The SMILES string of the molecule is CCOC(=O)CSc1nnc(-c2cc(OC)c(OC)c(OC)c2)n1-c1ccc(C)cc1. The lowest BCUT2D eigenvalue weighted by atomic mass is 10.1. The van der Waals surface area contributed by atoms with Gasteiger partial charge in [-0.25, -0.2) is 0 Å². The van der Waals surface area contributed by atoms with E-state index in [-0.39, 0.29) is 11.7 Å². The molecule has 0 saturated carbocycles. The first kappa shape index (κ1) is 22.5. The summed E-state index contributed by atoms with van der Waals surface area (Å²) in [6.07, 6.45) is 0. The maximum atomic E-state index is 11.9. The quantitative estimate of drug-likeness (QED) is 0.363. The molecule has 1 heterocycles. The zero-order valence-corrected chi connectivity index (χ0v) is 19.0. The van der Waals surface area contributed by atoms with Crippen LogP contribution in [0.5, 0.6) is 17.2 Å². The van der Waals surface area contributed by atoms with E-state index in [4.69, 9.17) is 18.9 Å². The molecule has 0 aliphatic heterocycles. The van der Waals surface area contributed by atoms with Crippen molar-refractivity contribution in [3.63, 3.8) is 0 Å². The smallest absolute Gasteiger partial charge is 0.316 e. The number of carbonyl (C=O) groups is 1. The van der Waals surface area contributed by atoms with Crippen LogP contribution < -0.4 is 14.2 Å². The number of benzene rings is 2. The van der Waals surface area contributed by atoms with Crippen LogP contribution in [0.15, 0.2) is 41.6 Å². The van der Waals surface area contributed by atoms with Gasteiger partial charge in [0.05, 0.1) is 33.7 Å². The fourth-order valence-electron chi connectivity index (χ4n) is 3.01. The van der Waals surface area contributed by atoms with Gasteiger partial charge in [0.15, 0.2) is 22.5 Å². The van der Waals surface area contributed by atoms with Gasteiger partial charge in [0.25, 0.3) is 0 Å². The first-order valence-corrected chi connectivity index (χ1v) is 10.6. The standard InChI is InChI=1S/C22H25N3O5S/c1-6-30-19(26)13-31-22-24-23-21(25(22)16-9-7-14(2)8-10-16)15-11-17(27-3)20(29-5)18(12-15)28-4/h7-12H,6,13H2,1-5H3. The monoisotopic (exact) mass is 443 g/mol. The van der Waals surface area contributed by atoms with E-state index in [0.29, 0.717) is 34.8 Å². The summed E-state index contributed by atoms with van der Waals surface area (Å²) in [6, 6.07) is 11.6. The largest absolute Gasteiger partial charge is 0.493 e. The normalized spacial score (nSPS) is 10.6. The minimum absolute atomic E-state index is 0.132. The van der Waals surface area contributed by atoms with Crippen LogP contribution in [-0.2, 0) is 9.53 Å². The second-order valence-electron chi connectivity index (χ2n) is 6.48. The summed E-state index contributed by atoms with van der Waals surface area (Å²) in [5.74, 6) is 1.92. The molecule has 0 amide bonds. The number of thioether (sulfide) groups is 1. The maximum Gasteiger partial charge on any atom is 0.316 e. The van der Waals surface area contributed by atoms with Crippen LogP contribution in [0.2, 0.25) is 0 Å². The van der Waals surface area contributed by atoms with Gasteiger partial charge in [-0.3, -0.25) is 9.36 Å². The molecular weight excluding hydrogens is 418 g/mol. The van der Waals surface area contributed by atoms with Crippen molar-refractivity contribution in [1.82, 2.24) is 14.8 Å². The highest BCUT2D eigenvalue weighted by Crippen LogP contribution is 2.41. The van der Waals surface area contributed by atoms with Gasteiger partial charge in [0.2, 0.25) is 5.75 Å². The zero-order valence-electron chi connectivity index (χ0n) is 18.2. The van der Waals surface area contributed by atoms with Crippen molar-refractivity contribution in [2.45, 2.75) is 19.0 Å². The van der Waals surface area contributed by atoms with Gasteiger partial charge >= 0.3 is 5.97 Å². The van der Waals surface area contributed by atoms with Crippen LogP contribution in [0, 0.1) is 6.92 Å². The summed E-state index contributed by atoms with van der Waals surface area (Å²) >= 11 is 1.26. The molecule has 0 radical (unpaired) electrons. The molecule has 31 heavy (non-hydrogen) atoms. The Kier molecular flexibility index (Phi) is 7.41. The number of carbonyl (C=O) groups excluding carboxylic acids is 1. The van der Waals surface area contributed by atoms with Crippen molar-refractivity contribution in [1.29, 1.82) is 0 Å². The molecule has 164 valence electrons. The first-order valence-electron chi connectivity index (χ1n) is 9.63. The Morgan fingerprint density at radius 1 is 1.00 bits per heavy atom. The average molecular weight is 444 g/mol. The van der Waals surface area contributed by atoms with Crippen LogP contribution in [0.3, 0.4) is 0 Å². The fraction of sp³-hybridized carbons (Fsp3) is 0.318. The number of ether oxygens (including phenoxy) is 4. The second-order valence-corrected chi connectivity index (χ2v) is 7.43. The molecule has 0 spiro atoms. The van der Waals surface area contributed by atoms with Crippen LogP contribution >= 0.6 is 11.8 Å². The number of aryl methyl sites for hydroxylation is 1. The highest BCUT2D eigenvalue weighted by molar-refractivity contribution is 7.99. The van der Waals surface area contributed by atoms with Crippen LogP contribution in [0.25, 0.3) is 17.1 Å². The van der Waals surface area contributed by atoms with Gasteiger partial charge in [-0.05, 0) is 38.1 Å². The Morgan fingerprint density at radius 3 is 2.19 bits per heavy atom. The second kappa shape index (κ2) is 10.2. The zero-order chi connectivity index (χ0) is 22.4. The molecule has 0 N–H and O–H groups in total. The summed E-state index contributed by atoms with van der Waals surface area (Å²) in [5.41, 5.74) is 2.73. The van der Waals surface area contributed by atoms with Gasteiger partial charge in [-0.2, -0.15) is 0 Å². The first-order chi connectivity index (χ1) is 15.0. The predicted octanol–water partition coefficient (Wildman–Crippen LogP) is 3.92. The molecular formula is C22H25N3O5S. The number of hydrogen-bond acceptors (Lipinski definition) is 8. The third-order valence-electron chi connectivity index (χ3n) is 4.47. The number of esters is 1. The predicted molar refractivity (Wildman–Crippen MR) is 119 cm³/mol. The molecule has 1 aromatic heterocycles. The van der Waals surface area contributed by atoms with E-state index in [1.54, 1.807) is 28.3 Å². The highest BCUT2D eigenvalue weighted by Gasteiger charge is 2.21. The van der Waals surface area contributed by atoms with Crippen molar-refractivity contribution in [2.24, 2.45) is 0 Å². The summed E-state index contributed by atoms with van der Waals surface area (Å²) in [5, 5.41) is 9.31. The average Bonchev–Trinajstić information content (AvgIpc) is 3.21. The lowest BCUT2D eigenvalue weighted by molar-refractivity contribution is -0.139.